The van der Waals surface area contributed by atoms with Gasteiger partial charge in [0.25, 0.3) is 0 Å². The van der Waals surface area contributed by atoms with Crippen molar-refractivity contribution in [1.29, 1.82) is 0 Å². The molecule has 8 rings (SSSR count). The highest BCUT2D eigenvalue weighted by molar-refractivity contribution is 6.02. The number of hydrogen-bond donors (Lipinski definition) is 2. The van der Waals surface area contributed by atoms with Crippen molar-refractivity contribution in [1.82, 2.24) is 20.0 Å². The Bertz CT molecular complexity index is 1340. The summed E-state index contributed by atoms with van der Waals surface area (Å²) >= 11 is 0. The summed E-state index contributed by atoms with van der Waals surface area (Å²) in [5.41, 5.74) is 3.71. The molecule has 0 aromatic rings. The van der Waals surface area contributed by atoms with Crippen molar-refractivity contribution in [3.8, 4) is 0 Å². The third-order valence-electron chi connectivity index (χ3n) is 16.0. The van der Waals surface area contributed by atoms with Crippen LogP contribution in [0, 0.1) is 41.4 Å². The van der Waals surface area contributed by atoms with Crippen LogP contribution in [0.25, 0.3) is 0 Å². The van der Waals surface area contributed by atoms with Gasteiger partial charge in [-0.05, 0) is 151 Å². The van der Waals surface area contributed by atoms with Crippen LogP contribution >= 0.6 is 0 Å². The molecule has 9 nitrogen and oxygen atoms in total. The third-order valence-corrected chi connectivity index (χ3v) is 16.0. The summed E-state index contributed by atoms with van der Waals surface area (Å²) in [6, 6.07) is 0.0715. The number of hydrogen-bond acceptors (Lipinski definition) is 7. The van der Waals surface area contributed by atoms with Crippen LogP contribution in [0.5, 0.6) is 0 Å². The van der Waals surface area contributed by atoms with Gasteiger partial charge in [0.15, 0.2) is 0 Å². The number of nitrogens with zero attached hydrogens (tertiary/aromatic N) is 3. The lowest BCUT2D eigenvalue weighted by atomic mass is 9.68. The maximum atomic E-state index is 13.3. The molecule has 0 aromatic heterocycles. The molecule has 6 atom stereocenters. The summed E-state index contributed by atoms with van der Waals surface area (Å²) in [6.45, 7) is 9.79. The molecule has 3 amide bonds. The number of rotatable bonds is 12. The molecule has 0 spiro atoms. The lowest BCUT2D eigenvalue weighted by molar-refractivity contribution is -0.144. The first-order chi connectivity index (χ1) is 26.3. The Morgan fingerprint density at radius 1 is 0.778 bits per heavy atom. The topological polar surface area (TPSA) is 102 Å². The van der Waals surface area contributed by atoms with E-state index in [0.717, 1.165) is 88.6 Å². The summed E-state index contributed by atoms with van der Waals surface area (Å²) in [5.74, 6) is 3.88. The van der Waals surface area contributed by atoms with Crippen molar-refractivity contribution in [3.63, 3.8) is 0 Å². The van der Waals surface area contributed by atoms with Crippen LogP contribution in [0.3, 0.4) is 0 Å². The van der Waals surface area contributed by atoms with Gasteiger partial charge in [0, 0.05) is 51.1 Å². The summed E-state index contributed by atoms with van der Waals surface area (Å²) in [4.78, 5) is 44.6. The number of aliphatic hydroxyl groups is 1. The van der Waals surface area contributed by atoms with E-state index in [2.05, 4.69) is 22.0 Å². The first-order valence-electron chi connectivity index (χ1n) is 23.0. The highest BCUT2D eigenvalue weighted by Crippen LogP contribution is 2.47. The number of aliphatic hydroxyl groups excluding tert-OH is 1. The number of imide groups is 1. The molecule has 9 heteroatoms. The number of carbonyl (C=O) groups excluding carboxylic acids is 3. The van der Waals surface area contributed by atoms with E-state index in [-0.39, 0.29) is 29.7 Å². The molecule has 54 heavy (non-hydrogen) atoms. The van der Waals surface area contributed by atoms with E-state index in [1.807, 2.05) is 11.1 Å². The Balaban J connectivity index is 0.730. The molecule has 5 saturated carbocycles. The number of likely N-dealkylation sites (tertiary alicyclic amines) is 1. The van der Waals surface area contributed by atoms with Gasteiger partial charge in [-0.3, -0.25) is 24.6 Å². The number of piperidine rings is 1. The van der Waals surface area contributed by atoms with Crippen molar-refractivity contribution in [2.24, 2.45) is 41.4 Å². The molecule has 302 valence electrons. The van der Waals surface area contributed by atoms with E-state index in [1.165, 1.54) is 96.4 Å². The van der Waals surface area contributed by atoms with Crippen LogP contribution in [-0.4, -0.2) is 108 Å². The first-order valence-corrected chi connectivity index (χ1v) is 23.0. The lowest BCUT2D eigenvalue weighted by Crippen LogP contribution is -2.53. The fraction of sp³-hybridized carbons (Fsp3) is 0.889. The highest BCUT2D eigenvalue weighted by atomic mass is 16.5. The van der Waals surface area contributed by atoms with Crippen molar-refractivity contribution in [3.05, 3.63) is 11.1 Å². The normalized spacial score (nSPS) is 39.3. The van der Waals surface area contributed by atoms with Gasteiger partial charge in [0.1, 0.15) is 6.04 Å². The van der Waals surface area contributed by atoms with Crippen LogP contribution in [0.15, 0.2) is 11.1 Å². The molecular formula is C45H72N4O5. The Hall–Kier alpha value is -1.81. The second kappa shape index (κ2) is 17.8. The second-order valence-corrected chi connectivity index (χ2v) is 19.2. The average molecular weight is 749 g/mol. The van der Waals surface area contributed by atoms with Gasteiger partial charge >= 0.3 is 0 Å². The van der Waals surface area contributed by atoms with Crippen molar-refractivity contribution in [2.45, 2.75) is 166 Å². The van der Waals surface area contributed by atoms with Crippen molar-refractivity contribution in [2.75, 3.05) is 45.9 Å². The quantitative estimate of drug-likeness (QED) is 0.174. The van der Waals surface area contributed by atoms with Gasteiger partial charge in [-0.2, -0.15) is 0 Å². The van der Waals surface area contributed by atoms with E-state index in [9.17, 15) is 19.5 Å². The minimum absolute atomic E-state index is 0.0521. The number of fused-ring (bicyclic) bond motifs is 1. The molecule has 3 aliphatic heterocycles. The Morgan fingerprint density at radius 3 is 2.20 bits per heavy atom. The van der Waals surface area contributed by atoms with E-state index in [0.29, 0.717) is 43.4 Å². The molecule has 2 N–H and O–H groups in total. The smallest absolute Gasteiger partial charge is 0.249 e. The SMILES string of the molecule is CC/C(=C(\C1CCC(O)CC1)C1CCC(OCC2CC2CCN2CCN(C3CCC4C(=O)N(C5CCC(=O)NC5=O)CC4C3)CC2)CC1)C1CCCCC1. The molecule has 3 heterocycles. The number of nitrogens with one attached hydrogen (secondary N) is 1. The van der Waals surface area contributed by atoms with Crippen LogP contribution in [0.1, 0.15) is 142 Å². The van der Waals surface area contributed by atoms with Crippen LogP contribution in [-0.2, 0) is 19.1 Å². The van der Waals surface area contributed by atoms with Crippen LogP contribution in [0.4, 0.5) is 0 Å². The maximum Gasteiger partial charge on any atom is 0.249 e. The van der Waals surface area contributed by atoms with Crippen molar-refractivity contribution < 1.29 is 24.2 Å². The number of ether oxygens (including phenoxy) is 1. The third kappa shape index (κ3) is 9.00. The van der Waals surface area contributed by atoms with Gasteiger partial charge in [0.2, 0.25) is 17.7 Å². The van der Waals surface area contributed by atoms with Gasteiger partial charge in [-0.15, -0.1) is 0 Å². The van der Waals surface area contributed by atoms with E-state index in [4.69, 9.17) is 4.74 Å². The minimum Gasteiger partial charge on any atom is -0.393 e. The first kappa shape index (κ1) is 39.0. The monoisotopic (exact) mass is 749 g/mol. The molecule has 5 aliphatic carbocycles. The lowest BCUT2D eigenvalue weighted by Gasteiger charge is -2.42. The van der Waals surface area contributed by atoms with Gasteiger partial charge in [-0.25, -0.2) is 0 Å². The number of amides is 3. The number of carbonyl (C=O) groups is 3. The average Bonchev–Trinajstić information content (AvgIpc) is 3.88. The zero-order chi connectivity index (χ0) is 37.2. The van der Waals surface area contributed by atoms with E-state index >= 15 is 0 Å². The predicted octanol–water partition coefficient (Wildman–Crippen LogP) is 6.48. The van der Waals surface area contributed by atoms with Gasteiger partial charge < -0.3 is 19.6 Å². The molecule has 3 saturated heterocycles. The Kier molecular flexibility index (Phi) is 12.8. The van der Waals surface area contributed by atoms with Gasteiger partial charge in [0.05, 0.1) is 18.8 Å². The molecule has 6 unspecified atom stereocenters. The molecule has 8 fully saturated rings. The minimum atomic E-state index is -0.468. The summed E-state index contributed by atoms with van der Waals surface area (Å²) in [5, 5.41) is 12.7. The van der Waals surface area contributed by atoms with Crippen LogP contribution in [0.2, 0.25) is 0 Å². The van der Waals surface area contributed by atoms with Crippen molar-refractivity contribution >= 4 is 17.7 Å². The van der Waals surface area contributed by atoms with Crippen LogP contribution < -0.4 is 5.32 Å². The zero-order valence-corrected chi connectivity index (χ0v) is 33.6. The van der Waals surface area contributed by atoms with E-state index < -0.39 is 6.04 Å². The number of piperazine rings is 1. The fourth-order valence-corrected chi connectivity index (χ4v) is 12.7. The zero-order valence-electron chi connectivity index (χ0n) is 33.6. The highest BCUT2D eigenvalue weighted by Gasteiger charge is 2.49. The largest absolute Gasteiger partial charge is 0.393 e. The summed E-state index contributed by atoms with van der Waals surface area (Å²) < 4.78 is 6.66. The van der Waals surface area contributed by atoms with Gasteiger partial charge in [-0.1, -0.05) is 37.3 Å². The maximum absolute atomic E-state index is 13.3. The molecular weight excluding hydrogens is 677 g/mol. The molecule has 0 bridgehead atoms. The molecule has 0 radical (unpaired) electrons. The number of allylic oxidation sites excluding steroid dienone is 2. The Labute approximate surface area is 325 Å². The molecule has 0 aromatic carbocycles. The predicted molar refractivity (Wildman–Crippen MR) is 210 cm³/mol. The summed E-state index contributed by atoms with van der Waals surface area (Å²) in [6.07, 6.45) is 24.6. The van der Waals surface area contributed by atoms with E-state index in [1.54, 1.807) is 4.90 Å². The molecule has 8 aliphatic rings. The second-order valence-electron chi connectivity index (χ2n) is 19.2. The Morgan fingerprint density at radius 2 is 1.50 bits per heavy atom. The standard InChI is InChI=1S/C45H72N4O5/c1-2-39(30-6-4-3-5-7-30)43(31-8-13-37(50)14-9-31)32-10-15-38(16-11-32)54-29-35-26-33(35)20-21-47-22-24-48(25-23-47)36-12-17-40-34(27-36)28-49(45(40)53)41-18-19-42(51)46-44(41)52/h30-38,40-41,50H,2-29H2,1H3,(H,46,51,52)/b43-39-. The summed E-state index contributed by atoms with van der Waals surface area (Å²) in [7, 11) is 0. The fourth-order valence-electron chi connectivity index (χ4n) is 12.7.